The lowest BCUT2D eigenvalue weighted by molar-refractivity contribution is -0.384. The van der Waals surface area contributed by atoms with Crippen molar-refractivity contribution in [3.8, 4) is 5.75 Å². The van der Waals surface area contributed by atoms with E-state index in [4.69, 9.17) is 11.5 Å². The zero-order valence-electron chi connectivity index (χ0n) is 9.96. The molecule has 1 aromatic carbocycles. The Kier molecular flexibility index (Phi) is 3.37. The van der Waals surface area contributed by atoms with Gasteiger partial charge in [-0.25, -0.2) is 0 Å². The van der Waals surface area contributed by atoms with Crippen LogP contribution in [0.15, 0.2) is 34.5 Å². The SMILES string of the molecule is Nc1nc(N)c(O)c(N=Nc2ccc([N+](=O)[O-])cc2)n1. The zero-order chi connectivity index (χ0) is 14.7. The lowest BCUT2D eigenvalue weighted by Crippen LogP contribution is -1.99. The van der Waals surface area contributed by atoms with Crippen LogP contribution in [0, 0.1) is 10.1 Å². The van der Waals surface area contributed by atoms with Gasteiger partial charge in [-0.15, -0.1) is 10.2 Å². The lowest BCUT2D eigenvalue weighted by atomic mass is 10.3. The van der Waals surface area contributed by atoms with Gasteiger partial charge in [-0.1, -0.05) is 0 Å². The molecule has 0 bridgehead atoms. The van der Waals surface area contributed by atoms with E-state index in [-0.39, 0.29) is 23.3 Å². The molecule has 0 spiro atoms. The van der Waals surface area contributed by atoms with Gasteiger partial charge in [0.05, 0.1) is 10.6 Å². The fourth-order valence-electron chi connectivity index (χ4n) is 1.29. The van der Waals surface area contributed by atoms with Gasteiger partial charge in [0, 0.05) is 12.1 Å². The number of anilines is 2. The van der Waals surface area contributed by atoms with Gasteiger partial charge in [-0.3, -0.25) is 10.1 Å². The van der Waals surface area contributed by atoms with Gasteiger partial charge in [-0.05, 0) is 12.1 Å². The quantitative estimate of drug-likeness (QED) is 0.435. The number of aromatic hydroxyl groups is 1. The summed E-state index contributed by atoms with van der Waals surface area (Å²) in [5.41, 5.74) is 11.0. The highest BCUT2D eigenvalue weighted by molar-refractivity contribution is 5.60. The predicted octanol–water partition coefficient (Wildman–Crippen LogP) is 1.67. The van der Waals surface area contributed by atoms with Crippen LogP contribution in [0.4, 0.5) is 29.0 Å². The maximum atomic E-state index is 10.5. The van der Waals surface area contributed by atoms with Crippen LogP contribution in [0.5, 0.6) is 5.75 Å². The summed E-state index contributed by atoms with van der Waals surface area (Å²) in [5, 5.41) is 27.5. The fourth-order valence-corrected chi connectivity index (χ4v) is 1.29. The van der Waals surface area contributed by atoms with E-state index in [0.717, 1.165) is 0 Å². The lowest BCUT2D eigenvalue weighted by Gasteiger charge is -2.01. The number of nitrogens with zero attached hydrogens (tertiary/aromatic N) is 5. The normalized spacial score (nSPS) is 10.8. The van der Waals surface area contributed by atoms with Crippen molar-refractivity contribution in [2.75, 3.05) is 11.5 Å². The van der Waals surface area contributed by atoms with Crippen LogP contribution in [0.3, 0.4) is 0 Å². The molecule has 0 amide bonds. The van der Waals surface area contributed by atoms with Crippen LogP contribution in [-0.4, -0.2) is 20.0 Å². The molecule has 0 radical (unpaired) electrons. The summed E-state index contributed by atoms with van der Waals surface area (Å²) in [6.07, 6.45) is 0. The monoisotopic (exact) mass is 275 g/mol. The van der Waals surface area contributed by atoms with Gasteiger partial charge in [0.1, 0.15) is 0 Å². The van der Waals surface area contributed by atoms with Crippen molar-refractivity contribution >= 4 is 29.0 Å². The molecular formula is C10H9N7O3. The molecule has 1 aromatic heterocycles. The van der Waals surface area contributed by atoms with E-state index < -0.39 is 10.7 Å². The molecule has 10 heteroatoms. The second kappa shape index (κ2) is 5.14. The average Bonchev–Trinajstić information content (AvgIpc) is 2.41. The minimum atomic E-state index is -0.529. The summed E-state index contributed by atoms with van der Waals surface area (Å²) in [7, 11) is 0. The first kappa shape index (κ1) is 13.1. The highest BCUT2D eigenvalue weighted by Crippen LogP contribution is 2.30. The van der Waals surface area contributed by atoms with E-state index in [1.807, 2.05) is 0 Å². The summed E-state index contributed by atoms with van der Waals surface area (Å²) in [5.74, 6) is -0.994. The van der Waals surface area contributed by atoms with Crippen molar-refractivity contribution < 1.29 is 10.0 Å². The molecule has 2 rings (SSSR count). The molecule has 0 saturated carbocycles. The number of aromatic nitrogens is 2. The van der Waals surface area contributed by atoms with Gasteiger partial charge in [0.2, 0.25) is 17.5 Å². The molecule has 10 nitrogen and oxygen atoms in total. The number of nitrogen functional groups attached to an aromatic ring is 2. The molecule has 5 N–H and O–H groups in total. The highest BCUT2D eigenvalue weighted by atomic mass is 16.6. The molecule has 0 aliphatic rings. The predicted molar refractivity (Wildman–Crippen MR) is 69.8 cm³/mol. The molecule has 0 unspecified atom stereocenters. The van der Waals surface area contributed by atoms with Crippen LogP contribution in [-0.2, 0) is 0 Å². The standard InChI is InChI=1S/C10H9N7O3/c11-8-7(18)9(14-10(12)13-8)16-15-5-1-3-6(4-2-5)17(19)20/h1-4,18H,(H4,11,12,13,14). The Balaban J connectivity index is 2.27. The van der Waals surface area contributed by atoms with Crippen molar-refractivity contribution in [1.82, 2.24) is 9.97 Å². The Labute approximate surface area is 112 Å². The Hall–Kier alpha value is -3.30. The average molecular weight is 275 g/mol. The number of benzene rings is 1. The summed E-state index contributed by atoms with van der Waals surface area (Å²) in [6, 6.07) is 5.34. The van der Waals surface area contributed by atoms with Crippen LogP contribution < -0.4 is 11.5 Å². The number of hydrogen-bond acceptors (Lipinski definition) is 9. The largest absolute Gasteiger partial charge is 0.502 e. The number of nitrogens with two attached hydrogens (primary N) is 2. The smallest absolute Gasteiger partial charge is 0.269 e. The van der Waals surface area contributed by atoms with Gasteiger partial charge < -0.3 is 16.6 Å². The molecular weight excluding hydrogens is 266 g/mol. The van der Waals surface area contributed by atoms with E-state index in [0.29, 0.717) is 5.69 Å². The van der Waals surface area contributed by atoms with Crippen LogP contribution >= 0.6 is 0 Å². The Morgan fingerprint density at radius 3 is 2.40 bits per heavy atom. The van der Waals surface area contributed by atoms with Crippen molar-refractivity contribution in [2.24, 2.45) is 10.2 Å². The molecule has 0 aliphatic heterocycles. The third kappa shape index (κ3) is 2.75. The summed E-state index contributed by atoms with van der Waals surface area (Å²) in [4.78, 5) is 17.2. The minimum absolute atomic E-state index is 0.0673. The second-order valence-corrected chi connectivity index (χ2v) is 3.61. The Morgan fingerprint density at radius 1 is 1.15 bits per heavy atom. The maximum Gasteiger partial charge on any atom is 0.269 e. The summed E-state index contributed by atoms with van der Waals surface area (Å²) < 4.78 is 0. The van der Waals surface area contributed by atoms with Crippen molar-refractivity contribution in [3.05, 3.63) is 34.4 Å². The van der Waals surface area contributed by atoms with Crippen molar-refractivity contribution in [2.45, 2.75) is 0 Å². The molecule has 20 heavy (non-hydrogen) atoms. The zero-order valence-corrected chi connectivity index (χ0v) is 9.96. The molecule has 2 aromatic rings. The number of non-ortho nitro benzene ring substituents is 1. The summed E-state index contributed by atoms with van der Waals surface area (Å²) >= 11 is 0. The van der Waals surface area contributed by atoms with Crippen LogP contribution in [0.1, 0.15) is 0 Å². The van der Waals surface area contributed by atoms with Gasteiger partial charge in [0.15, 0.2) is 5.82 Å². The highest BCUT2D eigenvalue weighted by Gasteiger charge is 2.09. The Morgan fingerprint density at radius 2 is 1.80 bits per heavy atom. The number of nitro benzene ring substituents is 1. The van der Waals surface area contributed by atoms with E-state index in [2.05, 4.69) is 20.2 Å². The van der Waals surface area contributed by atoms with E-state index in [1.165, 1.54) is 24.3 Å². The van der Waals surface area contributed by atoms with Gasteiger partial charge >= 0.3 is 0 Å². The summed E-state index contributed by atoms with van der Waals surface area (Å²) in [6.45, 7) is 0. The van der Waals surface area contributed by atoms with Crippen LogP contribution in [0.2, 0.25) is 0 Å². The van der Waals surface area contributed by atoms with Crippen molar-refractivity contribution in [1.29, 1.82) is 0 Å². The topological polar surface area (TPSA) is 166 Å². The molecule has 102 valence electrons. The number of rotatable bonds is 3. The van der Waals surface area contributed by atoms with Gasteiger partial charge in [-0.2, -0.15) is 9.97 Å². The molecule has 1 heterocycles. The second-order valence-electron chi connectivity index (χ2n) is 3.61. The fraction of sp³-hybridized carbons (Fsp3) is 0. The molecule has 0 atom stereocenters. The number of nitro groups is 1. The molecule has 0 aliphatic carbocycles. The first-order valence-electron chi connectivity index (χ1n) is 5.25. The van der Waals surface area contributed by atoms with Crippen LogP contribution in [0.25, 0.3) is 0 Å². The molecule has 0 fully saturated rings. The maximum absolute atomic E-state index is 10.5. The third-order valence-corrected chi connectivity index (χ3v) is 2.23. The van der Waals surface area contributed by atoms with E-state index in [1.54, 1.807) is 0 Å². The third-order valence-electron chi connectivity index (χ3n) is 2.23. The van der Waals surface area contributed by atoms with E-state index in [9.17, 15) is 15.2 Å². The molecule has 0 saturated heterocycles. The first-order valence-corrected chi connectivity index (χ1v) is 5.25. The van der Waals surface area contributed by atoms with Crippen molar-refractivity contribution in [3.63, 3.8) is 0 Å². The minimum Gasteiger partial charge on any atom is -0.502 e. The number of hydrogen-bond donors (Lipinski definition) is 3. The first-order chi connectivity index (χ1) is 9.47. The Bertz CT molecular complexity index is 684. The van der Waals surface area contributed by atoms with Gasteiger partial charge in [0.25, 0.3) is 5.69 Å². The number of azo groups is 1. The van der Waals surface area contributed by atoms with E-state index >= 15 is 0 Å².